The molecule has 1 unspecified atom stereocenters. The smallest absolute Gasteiger partial charge is 0.314 e. The predicted octanol–water partition coefficient (Wildman–Crippen LogP) is 4.88. The second kappa shape index (κ2) is 8.08. The highest BCUT2D eigenvalue weighted by Crippen LogP contribution is 2.41. The molecule has 8 nitrogen and oxygen atoms in total. The van der Waals surface area contributed by atoms with Gasteiger partial charge in [0.2, 0.25) is 0 Å². The maximum absolute atomic E-state index is 13.1. The summed E-state index contributed by atoms with van der Waals surface area (Å²) in [7, 11) is 3.03. The number of imide groups is 1. The van der Waals surface area contributed by atoms with Gasteiger partial charge in [-0.1, -0.05) is 25.1 Å². The third-order valence-corrected chi connectivity index (χ3v) is 5.10. The lowest BCUT2D eigenvalue weighted by Crippen LogP contribution is -2.42. The molecule has 154 valence electrons. The summed E-state index contributed by atoms with van der Waals surface area (Å²) in [4.78, 5) is 27.2. The van der Waals surface area contributed by atoms with Crippen LogP contribution in [0, 0.1) is 0 Å². The first-order valence-corrected chi connectivity index (χ1v) is 9.57. The Bertz CT molecular complexity index is 1150. The molecule has 2 amide bonds. The van der Waals surface area contributed by atoms with Gasteiger partial charge in [0, 0.05) is 7.11 Å². The van der Waals surface area contributed by atoms with Crippen molar-refractivity contribution in [3.05, 3.63) is 53.6 Å². The maximum Gasteiger partial charge on any atom is 0.314 e. The third-order valence-electron chi connectivity index (χ3n) is 5.10. The zero-order valence-corrected chi connectivity index (χ0v) is 16.9. The van der Waals surface area contributed by atoms with E-state index in [1.807, 2.05) is 25.1 Å². The summed E-state index contributed by atoms with van der Waals surface area (Å²) >= 11 is 0. The van der Waals surface area contributed by atoms with Crippen molar-refractivity contribution in [3.8, 4) is 5.95 Å². The first-order chi connectivity index (χ1) is 14.6. The number of nitrogens with zero attached hydrogens (tertiary/aromatic N) is 3. The van der Waals surface area contributed by atoms with Gasteiger partial charge in [0.15, 0.2) is 5.69 Å². The van der Waals surface area contributed by atoms with E-state index in [4.69, 9.17) is 13.9 Å². The van der Waals surface area contributed by atoms with Crippen LogP contribution in [0.15, 0.2) is 57.1 Å². The van der Waals surface area contributed by atoms with Crippen molar-refractivity contribution in [1.29, 1.82) is 0 Å². The summed E-state index contributed by atoms with van der Waals surface area (Å²) in [6, 6.07) is 12.0. The molecule has 0 radical (unpaired) electrons. The second-order valence-corrected chi connectivity index (χ2v) is 6.84. The van der Waals surface area contributed by atoms with E-state index in [9.17, 15) is 9.59 Å². The summed E-state index contributed by atoms with van der Waals surface area (Å²) in [6.45, 7) is 2.18. The topological polar surface area (TPSA) is 93.7 Å². The van der Waals surface area contributed by atoms with Crippen molar-refractivity contribution < 1.29 is 23.5 Å². The molecule has 30 heavy (non-hydrogen) atoms. The quantitative estimate of drug-likeness (QED) is 0.411. The SMILES string of the molecule is CCC(COC)N1C(=O)c2cccc(N=Nc3c(OC)oc4ccccc34)c2C1=O. The molecule has 0 fully saturated rings. The molecule has 0 saturated carbocycles. The molecule has 4 rings (SSSR count). The molecule has 0 spiro atoms. The highest BCUT2D eigenvalue weighted by molar-refractivity contribution is 6.23. The lowest BCUT2D eigenvalue weighted by atomic mass is 10.1. The van der Waals surface area contributed by atoms with Crippen LogP contribution in [0.1, 0.15) is 34.1 Å². The molecule has 2 heterocycles. The number of amides is 2. The number of carbonyl (C=O) groups is 2. The van der Waals surface area contributed by atoms with E-state index >= 15 is 0 Å². The molecule has 3 aromatic rings. The number of para-hydroxylation sites is 1. The summed E-state index contributed by atoms with van der Waals surface area (Å²) in [6.07, 6.45) is 0.592. The van der Waals surface area contributed by atoms with Crippen molar-refractivity contribution >= 4 is 34.2 Å². The number of methoxy groups -OCH3 is 2. The van der Waals surface area contributed by atoms with Crippen molar-refractivity contribution in [1.82, 2.24) is 4.90 Å². The minimum Gasteiger partial charge on any atom is -0.467 e. The number of hydrogen-bond acceptors (Lipinski definition) is 7. The molecular weight excluding hydrogens is 386 g/mol. The fourth-order valence-corrected chi connectivity index (χ4v) is 3.61. The lowest BCUT2D eigenvalue weighted by molar-refractivity contribution is 0.0466. The van der Waals surface area contributed by atoms with E-state index in [0.717, 1.165) is 5.39 Å². The largest absolute Gasteiger partial charge is 0.467 e. The maximum atomic E-state index is 13.1. The van der Waals surface area contributed by atoms with Crippen LogP contribution in [-0.4, -0.2) is 43.6 Å². The van der Waals surface area contributed by atoms with Gasteiger partial charge in [-0.15, -0.1) is 10.2 Å². The molecule has 8 heteroatoms. The summed E-state index contributed by atoms with van der Waals surface area (Å²) < 4.78 is 16.1. The Morgan fingerprint density at radius 1 is 1.03 bits per heavy atom. The van der Waals surface area contributed by atoms with Gasteiger partial charge in [0.05, 0.1) is 42.0 Å². The van der Waals surface area contributed by atoms with Gasteiger partial charge in [-0.05, 0) is 30.7 Å². The van der Waals surface area contributed by atoms with Crippen molar-refractivity contribution in [3.63, 3.8) is 0 Å². The molecule has 2 aromatic carbocycles. The summed E-state index contributed by atoms with van der Waals surface area (Å²) in [5.74, 6) is -0.512. The molecule has 1 atom stereocenters. The van der Waals surface area contributed by atoms with Gasteiger partial charge >= 0.3 is 5.95 Å². The minimum atomic E-state index is -0.391. The average Bonchev–Trinajstić information content (AvgIpc) is 3.26. The third kappa shape index (κ3) is 3.15. The van der Waals surface area contributed by atoms with Gasteiger partial charge in [-0.3, -0.25) is 14.5 Å². The van der Waals surface area contributed by atoms with Crippen molar-refractivity contribution in [2.75, 3.05) is 20.8 Å². The van der Waals surface area contributed by atoms with Gasteiger partial charge < -0.3 is 13.9 Å². The van der Waals surface area contributed by atoms with Crippen LogP contribution in [0.4, 0.5) is 11.4 Å². The van der Waals surface area contributed by atoms with Crippen LogP contribution < -0.4 is 4.74 Å². The van der Waals surface area contributed by atoms with Crippen molar-refractivity contribution in [2.24, 2.45) is 10.2 Å². The van der Waals surface area contributed by atoms with Crippen LogP contribution in [0.3, 0.4) is 0 Å². The highest BCUT2D eigenvalue weighted by atomic mass is 16.6. The van der Waals surface area contributed by atoms with E-state index < -0.39 is 5.91 Å². The van der Waals surface area contributed by atoms with Crippen molar-refractivity contribution in [2.45, 2.75) is 19.4 Å². The standard InChI is InChI=1S/C22H21N3O5/c1-4-13(12-28-2)25-20(26)15-9-7-10-16(18(15)21(25)27)23-24-19-14-8-5-6-11-17(14)30-22(19)29-3/h5-11,13H,4,12H2,1-3H3. The fourth-order valence-electron chi connectivity index (χ4n) is 3.61. The van der Waals surface area contributed by atoms with Gasteiger partial charge in [0.1, 0.15) is 5.58 Å². The van der Waals surface area contributed by atoms with E-state index in [1.54, 1.807) is 31.4 Å². The summed E-state index contributed by atoms with van der Waals surface area (Å²) in [5, 5.41) is 9.32. The number of ether oxygens (including phenoxy) is 2. The molecule has 0 N–H and O–H groups in total. The minimum absolute atomic E-state index is 0.225. The highest BCUT2D eigenvalue weighted by Gasteiger charge is 2.41. The van der Waals surface area contributed by atoms with Crippen LogP contribution >= 0.6 is 0 Å². The van der Waals surface area contributed by atoms with Crippen LogP contribution in [0.25, 0.3) is 11.0 Å². The number of azo groups is 1. The zero-order chi connectivity index (χ0) is 21.3. The number of fused-ring (bicyclic) bond motifs is 2. The van der Waals surface area contributed by atoms with Gasteiger partial charge in [-0.25, -0.2) is 0 Å². The fraction of sp³-hybridized carbons (Fsp3) is 0.273. The lowest BCUT2D eigenvalue weighted by Gasteiger charge is -2.24. The Balaban J connectivity index is 1.75. The molecule has 0 bridgehead atoms. The zero-order valence-electron chi connectivity index (χ0n) is 16.9. The average molecular weight is 407 g/mol. The van der Waals surface area contributed by atoms with E-state index in [-0.39, 0.29) is 30.1 Å². The Kier molecular flexibility index (Phi) is 5.33. The van der Waals surface area contributed by atoms with E-state index in [0.29, 0.717) is 28.9 Å². The number of carbonyl (C=O) groups excluding carboxylic acids is 2. The molecule has 0 saturated heterocycles. The predicted molar refractivity (Wildman–Crippen MR) is 110 cm³/mol. The molecule has 0 aliphatic carbocycles. The number of rotatable bonds is 7. The molecule has 1 aliphatic heterocycles. The molecular formula is C22H21N3O5. The first-order valence-electron chi connectivity index (χ1n) is 9.57. The normalized spacial score (nSPS) is 14.7. The van der Waals surface area contributed by atoms with Crippen LogP contribution in [-0.2, 0) is 4.74 Å². The number of hydrogen-bond donors (Lipinski definition) is 0. The second-order valence-electron chi connectivity index (χ2n) is 6.84. The Labute approximate surface area is 173 Å². The Hall–Kier alpha value is -3.52. The van der Waals surface area contributed by atoms with Crippen LogP contribution in [0.5, 0.6) is 5.95 Å². The van der Waals surface area contributed by atoms with E-state index in [2.05, 4.69) is 10.2 Å². The van der Waals surface area contributed by atoms with Gasteiger partial charge in [0.25, 0.3) is 11.8 Å². The Morgan fingerprint density at radius 2 is 1.83 bits per heavy atom. The first kappa shape index (κ1) is 19.8. The molecule has 1 aromatic heterocycles. The van der Waals surface area contributed by atoms with Gasteiger partial charge in [-0.2, -0.15) is 0 Å². The number of furan rings is 1. The Morgan fingerprint density at radius 3 is 2.57 bits per heavy atom. The molecule has 1 aliphatic rings. The van der Waals surface area contributed by atoms with E-state index in [1.165, 1.54) is 12.0 Å². The summed E-state index contributed by atoms with van der Waals surface area (Å²) in [5.41, 5.74) is 1.91. The number of benzene rings is 2. The van der Waals surface area contributed by atoms with Crippen LogP contribution in [0.2, 0.25) is 0 Å². The monoisotopic (exact) mass is 407 g/mol.